The Kier molecular flexibility index (Phi) is 3.99. The summed E-state index contributed by atoms with van der Waals surface area (Å²) in [5.41, 5.74) is 0. The van der Waals surface area contributed by atoms with Gasteiger partial charge in [0.1, 0.15) is 0 Å². The molecule has 0 unspecified atom stereocenters. The van der Waals surface area contributed by atoms with Crippen molar-refractivity contribution in [3.05, 3.63) is 12.2 Å². The van der Waals surface area contributed by atoms with Crippen molar-refractivity contribution in [2.45, 2.75) is 17.7 Å². The van der Waals surface area contributed by atoms with Gasteiger partial charge in [0, 0.05) is 0 Å². The first-order valence-corrected chi connectivity index (χ1v) is 8.58. The monoisotopic (exact) mass is 325 g/mol. The smallest absolute Gasteiger partial charge is 0.307 e. The van der Waals surface area contributed by atoms with Crippen LogP contribution >= 0.6 is 23.1 Å². The molecule has 112 valence electrons. The normalized spacial score (nSPS) is 29.8. The number of anilines is 1. The van der Waals surface area contributed by atoms with Crippen molar-refractivity contribution in [1.82, 2.24) is 10.2 Å². The molecule has 0 spiro atoms. The molecule has 1 aromatic heterocycles. The molecule has 1 amide bonds. The van der Waals surface area contributed by atoms with Gasteiger partial charge in [-0.1, -0.05) is 42.2 Å². The van der Waals surface area contributed by atoms with E-state index >= 15 is 0 Å². The van der Waals surface area contributed by atoms with Crippen LogP contribution in [0.4, 0.5) is 5.13 Å². The highest BCUT2D eigenvalue weighted by Crippen LogP contribution is 2.48. The van der Waals surface area contributed by atoms with Crippen LogP contribution < -0.4 is 5.32 Å². The van der Waals surface area contributed by atoms with Gasteiger partial charge in [-0.2, -0.15) is 0 Å². The number of allylic oxidation sites excluding steroid dienone is 2. The van der Waals surface area contributed by atoms with Crippen molar-refractivity contribution < 1.29 is 14.7 Å². The van der Waals surface area contributed by atoms with Crippen molar-refractivity contribution >= 4 is 40.1 Å². The molecule has 0 saturated heterocycles. The van der Waals surface area contributed by atoms with Gasteiger partial charge in [-0.15, -0.1) is 10.2 Å². The third-order valence-corrected chi connectivity index (χ3v) is 5.81. The number of hydrogen-bond donors (Lipinski definition) is 2. The summed E-state index contributed by atoms with van der Waals surface area (Å²) in [6.07, 6.45) is 4.64. The van der Waals surface area contributed by atoms with Crippen LogP contribution in [-0.2, 0) is 9.59 Å². The lowest BCUT2D eigenvalue weighted by molar-refractivity contribution is -0.146. The Bertz CT molecular complexity index is 601. The van der Waals surface area contributed by atoms with Crippen molar-refractivity contribution in [2.75, 3.05) is 11.1 Å². The van der Waals surface area contributed by atoms with Crippen molar-refractivity contribution in [2.24, 2.45) is 23.7 Å². The SMILES string of the molecule is CCSc1nnc(NC(=O)[C@@H]2[C@H](C(=O)O)[C@H]3C=C[C@H]2C3)s1. The molecule has 1 saturated carbocycles. The molecule has 0 radical (unpaired) electrons. The van der Waals surface area contributed by atoms with Crippen LogP contribution in [0.1, 0.15) is 13.3 Å². The van der Waals surface area contributed by atoms with Gasteiger partial charge in [0.2, 0.25) is 11.0 Å². The molecule has 0 aromatic carbocycles. The quantitative estimate of drug-likeness (QED) is 0.489. The van der Waals surface area contributed by atoms with Gasteiger partial charge in [0.25, 0.3) is 0 Å². The second-order valence-electron chi connectivity index (χ2n) is 5.13. The molecule has 6 nitrogen and oxygen atoms in total. The summed E-state index contributed by atoms with van der Waals surface area (Å²) in [5.74, 6) is -1.41. The van der Waals surface area contributed by atoms with E-state index in [1.165, 1.54) is 11.3 Å². The average Bonchev–Trinajstić information content (AvgIpc) is 3.13. The van der Waals surface area contributed by atoms with Crippen LogP contribution in [0.15, 0.2) is 16.5 Å². The number of carbonyl (C=O) groups excluding carboxylic acids is 1. The fraction of sp³-hybridized carbons (Fsp3) is 0.538. The van der Waals surface area contributed by atoms with E-state index in [4.69, 9.17) is 0 Å². The predicted molar refractivity (Wildman–Crippen MR) is 80.3 cm³/mol. The molecular weight excluding hydrogens is 310 g/mol. The Morgan fingerprint density at radius 2 is 2.10 bits per heavy atom. The number of aliphatic carboxylic acids is 1. The first-order valence-electron chi connectivity index (χ1n) is 6.78. The Morgan fingerprint density at radius 3 is 2.76 bits per heavy atom. The minimum absolute atomic E-state index is 0.0218. The van der Waals surface area contributed by atoms with E-state index < -0.39 is 17.8 Å². The zero-order chi connectivity index (χ0) is 15.0. The number of aromatic nitrogens is 2. The van der Waals surface area contributed by atoms with Gasteiger partial charge in [0.05, 0.1) is 11.8 Å². The van der Waals surface area contributed by atoms with Crippen LogP contribution in [0, 0.1) is 23.7 Å². The van der Waals surface area contributed by atoms with Crippen LogP contribution in [-0.4, -0.2) is 32.9 Å². The number of carbonyl (C=O) groups is 2. The summed E-state index contributed by atoms with van der Waals surface area (Å²) in [6.45, 7) is 2.02. The van der Waals surface area contributed by atoms with E-state index in [1.807, 2.05) is 19.1 Å². The van der Waals surface area contributed by atoms with Crippen molar-refractivity contribution in [1.29, 1.82) is 0 Å². The van der Waals surface area contributed by atoms with Crippen LogP contribution in [0.3, 0.4) is 0 Å². The number of fused-ring (bicyclic) bond motifs is 2. The van der Waals surface area contributed by atoms with Gasteiger partial charge in [0.15, 0.2) is 4.34 Å². The standard InChI is InChI=1S/C13H15N3O3S2/c1-2-20-13-16-15-12(21-13)14-10(17)8-6-3-4-7(5-6)9(8)11(18)19/h3-4,6-9H,2,5H2,1H3,(H,18,19)(H,14,15,17)/t6-,7-,8-,9+/m0/s1. The van der Waals surface area contributed by atoms with E-state index in [0.717, 1.165) is 16.5 Å². The largest absolute Gasteiger partial charge is 0.481 e. The number of carboxylic acids is 1. The highest BCUT2D eigenvalue weighted by Gasteiger charge is 2.51. The first-order chi connectivity index (χ1) is 10.1. The maximum absolute atomic E-state index is 12.4. The summed E-state index contributed by atoms with van der Waals surface area (Å²) < 4.78 is 0.801. The first kappa shape index (κ1) is 14.5. The lowest BCUT2D eigenvalue weighted by atomic mass is 9.82. The molecule has 2 aliphatic carbocycles. The molecule has 0 aliphatic heterocycles. The van der Waals surface area contributed by atoms with Gasteiger partial charge in [-0.3, -0.25) is 9.59 Å². The number of rotatable bonds is 5. The second kappa shape index (κ2) is 5.76. The number of nitrogens with one attached hydrogen (secondary N) is 1. The summed E-state index contributed by atoms with van der Waals surface area (Å²) in [5, 5.41) is 20.4. The molecule has 21 heavy (non-hydrogen) atoms. The molecular formula is C13H15N3O3S2. The van der Waals surface area contributed by atoms with Crippen molar-refractivity contribution in [3.8, 4) is 0 Å². The number of thioether (sulfide) groups is 1. The zero-order valence-electron chi connectivity index (χ0n) is 11.4. The fourth-order valence-corrected chi connectivity index (χ4v) is 4.80. The zero-order valence-corrected chi connectivity index (χ0v) is 13.0. The van der Waals surface area contributed by atoms with Gasteiger partial charge < -0.3 is 10.4 Å². The van der Waals surface area contributed by atoms with E-state index in [-0.39, 0.29) is 17.7 Å². The lowest BCUT2D eigenvalue weighted by Crippen LogP contribution is -2.36. The average molecular weight is 325 g/mol. The topological polar surface area (TPSA) is 92.2 Å². The van der Waals surface area contributed by atoms with Gasteiger partial charge in [-0.25, -0.2) is 0 Å². The number of hydrogen-bond acceptors (Lipinski definition) is 6. The molecule has 2 aliphatic rings. The maximum atomic E-state index is 12.4. The fourth-order valence-electron chi connectivity index (χ4n) is 3.15. The Hall–Kier alpha value is -1.41. The highest BCUT2D eigenvalue weighted by atomic mass is 32.2. The Morgan fingerprint density at radius 1 is 1.38 bits per heavy atom. The molecule has 2 bridgehead atoms. The molecule has 1 heterocycles. The molecule has 8 heteroatoms. The maximum Gasteiger partial charge on any atom is 0.307 e. The summed E-state index contributed by atoms with van der Waals surface area (Å²) in [6, 6.07) is 0. The second-order valence-corrected chi connectivity index (χ2v) is 7.62. The lowest BCUT2D eigenvalue weighted by Gasteiger charge is -2.23. The molecule has 1 aromatic rings. The number of carboxylic acid groups (broad SMARTS) is 1. The van der Waals surface area contributed by atoms with Crippen LogP contribution in [0.5, 0.6) is 0 Å². The molecule has 3 rings (SSSR count). The van der Waals surface area contributed by atoms with Crippen LogP contribution in [0.2, 0.25) is 0 Å². The van der Waals surface area contributed by atoms with Crippen molar-refractivity contribution in [3.63, 3.8) is 0 Å². The van der Waals surface area contributed by atoms with Gasteiger partial charge >= 0.3 is 5.97 Å². The summed E-state index contributed by atoms with van der Waals surface area (Å²) >= 11 is 2.88. The van der Waals surface area contributed by atoms with Gasteiger partial charge in [-0.05, 0) is 24.0 Å². The third-order valence-electron chi connectivity index (χ3n) is 3.95. The Labute approximate surface area is 130 Å². The summed E-state index contributed by atoms with van der Waals surface area (Å²) in [4.78, 5) is 23.8. The molecule has 2 N–H and O–H groups in total. The van der Waals surface area contributed by atoms with Crippen LogP contribution in [0.25, 0.3) is 0 Å². The van der Waals surface area contributed by atoms with E-state index in [1.54, 1.807) is 11.8 Å². The Balaban J connectivity index is 1.72. The molecule has 4 atom stereocenters. The van der Waals surface area contributed by atoms with E-state index in [0.29, 0.717) is 5.13 Å². The van der Waals surface area contributed by atoms with E-state index in [2.05, 4.69) is 15.5 Å². The summed E-state index contributed by atoms with van der Waals surface area (Å²) in [7, 11) is 0. The highest BCUT2D eigenvalue weighted by molar-refractivity contribution is 8.01. The molecule has 1 fully saturated rings. The minimum Gasteiger partial charge on any atom is -0.481 e. The van der Waals surface area contributed by atoms with E-state index in [9.17, 15) is 14.7 Å². The predicted octanol–water partition coefficient (Wildman–Crippen LogP) is 2.11. The third kappa shape index (κ3) is 2.69. The number of amides is 1. The minimum atomic E-state index is -0.897. The number of nitrogens with zero attached hydrogens (tertiary/aromatic N) is 2.